The summed E-state index contributed by atoms with van der Waals surface area (Å²) in [6.45, 7) is 1.42. The second-order valence-electron chi connectivity index (χ2n) is 5.57. The maximum atomic E-state index is 12.8. The normalized spacial score (nSPS) is 10.8. The summed E-state index contributed by atoms with van der Waals surface area (Å²) in [5, 5.41) is 2.90. The Balaban J connectivity index is 1.74. The zero-order valence-corrected chi connectivity index (χ0v) is 14.2. The molecule has 0 aliphatic carbocycles. The molecule has 0 spiro atoms. The molecule has 5 heteroatoms. The molecule has 0 aliphatic rings. The number of rotatable bonds is 7. The third-order valence-electron chi connectivity index (χ3n) is 3.20. The van der Waals surface area contributed by atoms with E-state index >= 15 is 0 Å². The Hall–Kier alpha value is -1.85. The van der Waals surface area contributed by atoms with E-state index in [4.69, 9.17) is 0 Å². The third kappa shape index (κ3) is 6.42. The fraction of sp³-hybridized carbons (Fsp3) is 0.278. The predicted octanol–water partition coefficient (Wildman–Crippen LogP) is 3.30. The van der Waals surface area contributed by atoms with Gasteiger partial charge in [0, 0.05) is 18.0 Å². The number of nitrogens with one attached hydrogen (secondary N) is 1. The largest absolute Gasteiger partial charge is 0.351 e. The lowest BCUT2D eigenvalue weighted by Gasteiger charge is -2.10. The Labute approximate surface area is 140 Å². The lowest BCUT2D eigenvalue weighted by atomic mass is 10.1. The minimum absolute atomic E-state index is 0.0308. The van der Waals surface area contributed by atoms with Crippen LogP contribution in [0.25, 0.3) is 0 Å². The number of hydrogen-bond donors (Lipinski definition) is 1. The minimum atomic E-state index is -0.267. The Morgan fingerprint density at radius 2 is 1.65 bits per heavy atom. The molecule has 0 bridgehead atoms. The van der Waals surface area contributed by atoms with E-state index < -0.39 is 0 Å². The van der Waals surface area contributed by atoms with Crippen molar-refractivity contribution in [2.45, 2.75) is 18.0 Å². The van der Waals surface area contributed by atoms with Gasteiger partial charge in [0.1, 0.15) is 5.82 Å². The first-order valence-electron chi connectivity index (χ1n) is 7.40. The van der Waals surface area contributed by atoms with Gasteiger partial charge < -0.3 is 10.2 Å². The van der Waals surface area contributed by atoms with Crippen LogP contribution in [-0.2, 0) is 17.9 Å². The molecule has 23 heavy (non-hydrogen) atoms. The molecule has 0 unspecified atom stereocenters. The maximum Gasteiger partial charge on any atom is 0.230 e. The van der Waals surface area contributed by atoms with Gasteiger partial charge in [0.25, 0.3) is 0 Å². The second-order valence-corrected chi connectivity index (χ2v) is 6.62. The van der Waals surface area contributed by atoms with Gasteiger partial charge in [-0.25, -0.2) is 4.39 Å². The zero-order valence-electron chi connectivity index (χ0n) is 13.4. The molecular formula is C18H21FN2OS. The number of carbonyl (C=O) groups excluding carboxylic acids is 1. The third-order valence-corrected chi connectivity index (χ3v) is 4.21. The second kappa shape index (κ2) is 8.70. The van der Waals surface area contributed by atoms with Gasteiger partial charge in [0.2, 0.25) is 5.91 Å². The molecule has 0 aliphatic heterocycles. The van der Waals surface area contributed by atoms with Crippen LogP contribution in [0.4, 0.5) is 4.39 Å². The lowest BCUT2D eigenvalue weighted by Crippen LogP contribution is -2.24. The number of nitrogens with zero attached hydrogens (tertiary/aromatic N) is 1. The van der Waals surface area contributed by atoms with Crippen LogP contribution in [0.1, 0.15) is 11.1 Å². The summed E-state index contributed by atoms with van der Waals surface area (Å²) in [4.78, 5) is 14.9. The van der Waals surface area contributed by atoms with Crippen LogP contribution in [0.15, 0.2) is 53.4 Å². The summed E-state index contributed by atoms with van der Waals surface area (Å²) in [6, 6.07) is 14.4. The van der Waals surface area contributed by atoms with Gasteiger partial charge in [0.05, 0.1) is 5.75 Å². The van der Waals surface area contributed by atoms with Crippen LogP contribution in [-0.4, -0.2) is 30.7 Å². The summed E-state index contributed by atoms with van der Waals surface area (Å²) in [5.41, 5.74) is 2.32. The quantitative estimate of drug-likeness (QED) is 0.790. The van der Waals surface area contributed by atoms with Crippen molar-refractivity contribution in [2.24, 2.45) is 0 Å². The molecule has 1 N–H and O–H groups in total. The summed E-state index contributed by atoms with van der Waals surface area (Å²) in [6.07, 6.45) is 0. The average Bonchev–Trinajstić information content (AvgIpc) is 2.53. The first-order valence-corrected chi connectivity index (χ1v) is 8.39. The van der Waals surface area contributed by atoms with Crippen LogP contribution in [0.5, 0.6) is 0 Å². The Morgan fingerprint density at radius 1 is 1.04 bits per heavy atom. The van der Waals surface area contributed by atoms with E-state index in [-0.39, 0.29) is 11.7 Å². The van der Waals surface area contributed by atoms with E-state index in [9.17, 15) is 9.18 Å². The topological polar surface area (TPSA) is 32.3 Å². The predicted molar refractivity (Wildman–Crippen MR) is 92.8 cm³/mol. The maximum absolute atomic E-state index is 12.8. The highest BCUT2D eigenvalue weighted by Gasteiger charge is 2.04. The highest BCUT2D eigenvalue weighted by Crippen LogP contribution is 2.17. The number of amides is 1. The van der Waals surface area contributed by atoms with Crippen LogP contribution in [0.2, 0.25) is 0 Å². The molecule has 0 heterocycles. The van der Waals surface area contributed by atoms with Gasteiger partial charge in [-0.05, 0) is 49.5 Å². The molecule has 0 radical (unpaired) electrons. The van der Waals surface area contributed by atoms with E-state index in [1.165, 1.54) is 29.5 Å². The molecule has 0 atom stereocenters. The Bertz CT molecular complexity index is 626. The number of carbonyl (C=O) groups is 1. The van der Waals surface area contributed by atoms with Gasteiger partial charge >= 0.3 is 0 Å². The Kier molecular flexibility index (Phi) is 6.62. The molecule has 1 amide bonds. The van der Waals surface area contributed by atoms with Crippen molar-refractivity contribution < 1.29 is 9.18 Å². The van der Waals surface area contributed by atoms with Crippen molar-refractivity contribution >= 4 is 17.7 Å². The first-order chi connectivity index (χ1) is 11.0. The molecule has 0 aromatic heterocycles. The molecule has 3 nitrogen and oxygen atoms in total. The van der Waals surface area contributed by atoms with Gasteiger partial charge in [0.15, 0.2) is 0 Å². The van der Waals surface area contributed by atoms with Gasteiger partial charge in [-0.1, -0.05) is 24.3 Å². The lowest BCUT2D eigenvalue weighted by molar-refractivity contribution is -0.118. The van der Waals surface area contributed by atoms with E-state index in [1.54, 1.807) is 12.1 Å². The average molecular weight is 332 g/mol. The van der Waals surface area contributed by atoms with Gasteiger partial charge in [-0.3, -0.25) is 4.79 Å². The van der Waals surface area contributed by atoms with E-state index in [2.05, 4.69) is 22.3 Å². The van der Waals surface area contributed by atoms with Crippen molar-refractivity contribution in [1.29, 1.82) is 0 Å². The van der Waals surface area contributed by atoms with E-state index in [1.807, 2.05) is 26.2 Å². The fourth-order valence-electron chi connectivity index (χ4n) is 2.06. The van der Waals surface area contributed by atoms with Crippen molar-refractivity contribution in [1.82, 2.24) is 10.2 Å². The number of thioether (sulfide) groups is 1. The fourth-order valence-corrected chi connectivity index (χ4v) is 2.79. The Morgan fingerprint density at radius 3 is 2.26 bits per heavy atom. The summed E-state index contributed by atoms with van der Waals surface area (Å²) >= 11 is 1.40. The molecule has 122 valence electrons. The summed E-state index contributed by atoms with van der Waals surface area (Å²) in [5.74, 6) is 0.0258. The van der Waals surface area contributed by atoms with Crippen LogP contribution >= 0.6 is 11.8 Å². The van der Waals surface area contributed by atoms with Crippen molar-refractivity contribution in [3.05, 3.63) is 65.5 Å². The summed E-state index contributed by atoms with van der Waals surface area (Å²) in [7, 11) is 4.07. The smallest absolute Gasteiger partial charge is 0.230 e. The monoisotopic (exact) mass is 332 g/mol. The molecule has 0 fully saturated rings. The first kappa shape index (κ1) is 17.5. The number of benzene rings is 2. The van der Waals surface area contributed by atoms with Crippen molar-refractivity contribution in [3.63, 3.8) is 0 Å². The standard InChI is InChI=1S/C18H21FN2OS/c1-21(2)12-15-5-3-14(4-6-15)11-20-18(22)13-23-17-9-7-16(19)8-10-17/h3-10H,11-13H2,1-2H3,(H,20,22). The minimum Gasteiger partial charge on any atom is -0.351 e. The van der Waals surface area contributed by atoms with Crippen LogP contribution in [0.3, 0.4) is 0 Å². The SMILES string of the molecule is CN(C)Cc1ccc(CNC(=O)CSc2ccc(F)cc2)cc1. The number of halogens is 1. The van der Waals surface area contributed by atoms with Crippen molar-refractivity contribution in [2.75, 3.05) is 19.8 Å². The molecule has 0 saturated heterocycles. The van der Waals surface area contributed by atoms with E-state index in [0.29, 0.717) is 12.3 Å². The number of hydrogen-bond acceptors (Lipinski definition) is 3. The highest BCUT2D eigenvalue weighted by atomic mass is 32.2. The van der Waals surface area contributed by atoms with Crippen molar-refractivity contribution in [3.8, 4) is 0 Å². The van der Waals surface area contributed by atoms with Crippen LogP contribution in [0, 0.1) is 5.82 Å². The highest BCUT2D eigenvalue weighted by molar-refractivity contribution is 8.00. The summed E-state index contributed by atoms with van der Waals surface area (Å²) < 4.78 is 12.8. The molecule has 2 rings (SSSR count). The van der Waals surface area contributed by atoms with E-state index in [0.717, 1.165) is 17.0 Å². The van der Waals surface area contributed by atoms with Gasteiger partial charge in [-0.2, -0.15) is 0 Å². The molecule has 0 saturated carbocycles. The van der Waals surface area contributed by atoms with Gasteiger partial charge in [-0.15, -0.1) is 11.8 Å². The molecular weight excluding hydrogens is 311 g/mol. The zero-order chi connectivity index (χ0) is 16.7. The van der Waals surface area contributed by atoms with Crippen LogP contribution < -0.4 is 5.32 Å². The molecule has 2 aromatic rings. The molecule has 2 aromatic carbocycles.